The Labute approximate surface area is 131 Å². The average Bonchev–Trinajstić information content (AvgIpc) is 2.50. The van der Waals surface area contributed by atoms with Crippen LogP contribution >= 0.6 is 0 Å². The van der Waals surface area contributed by atoms with Crippen molar-refractivity contribution in [3.8, 4) is 17.6 Å². The highest BCUT2D eigenvalue weighted by molar-refractivity contribution is 5.81. The van der Waals surface area contributed by atoms with Crippen LogP contribution in [0.1, 0.15) is 25.3 Å². The SMILES string of the molecule is CCOC(=O)CCC(=O)NCC#CCOc1ccccc1C. The van der Waals surface area contributed by atoms with Crippen molar-refractivity contribution in [1.82, 2.24) is 5.32 Å². The molecule has 1 N–H and O–H groups in total. The van der Waals surface area contributed by atoms with Gasteiger partial charge in [0.25, 0.3) is 0 Å². The molecular formula is C17H21NO4. The maximum absolute atomic E-state index is 11.4. The van der Waals surface area contributed by atoms with Crippen molar-refractivity contribution in [2.24, 2.45) is 0 Å². The molecule has 0 spiro atoms. The Balaban J connectivity index is 2.16. The lowest BCUT2D eigenvalue weighted by Crippen LogP contribution is -2.24. The Bertz CT molecular complexity index is 557. The Morgan fingerprint density at radius 1 is 1.18 bits per heavy atom. The summed E-state index contributed by atoms with van der Waals surface area (Å²) in [6.07, 6.45) is 0.198. The standard InChI is InChI=1S/C17H21NO4/c1-3-21-17(20)11-10-16(19)18-12-6-7-13-22-15-9-5-4-8-14(15)2/h4-5,8-9H,3,10-13H2,1-2H3,(H,18,19). The van der Waals surface area contributed by atoms with Gasteiger partial charge in [-0.15, -0.1) is 0 Å². The van der Waals surface area contributed by atoms with Gasteiger partial charge >= 0.3 is 5.97 Å². The summed E-state index contributed by atoms with van der Waals surface area (Å²) < 4.78 is 10.2. The van der Waals surface area contributed by atoms with Crippen molar-refractivity contribution in [3.63, 3.8) is 0 Å². The Kier molecular flexibility index (Phi) is 8.21. The van der Waals surface area contributed by atoms with Gasteiger partial charge in [0.2, 0.25) is 5.91 Å². The molecule has 118 valence electrons. The molecule has 1 aromatic rings. The molecule has 0 aromatic heterocycles. The number of hydrogen-bond donors (Lipinski definition) is 1. The fraction of sp³-hybridized carbons (Fsp3) is 0.412. The molecule has 0 saturated heterocycles. The van der Waals surface area contributed by atoms with E-state index in [2.05, 4.69) is 17.2 Å². The number of esters is 1. The monoisotopic (exact) mass is 303 g/mol. The van der Waals surface area contributed by atoms with Crippen molar-refractivity contribution in [2.45, 2.75) is 26.7 Å². The third-order valence-corrected chi connectivity index (χ3v) is 2.75. The molecule has 0 radical (unpaired) electrons. The number of nitrogens with one attached hydrogen (secondary N) is 1. The van der Waals surface area contributed by atoms with Crippen LogP contribution in [0.15, 0.2) is 24.3 Å². The van der Waals surface area contributed by atoms with Crippen LogP contribution in [0.4, 0.5) is 0 Å². The van der Waals surface area contributed by atoms with E-state index in [1.165, 1.54) is 0 Å². The lowest BCUT2D eigenvalue weighted by Gasteiger charge is -2.04. The zero-order valence-electron chi connectivity index (χ0n) is 13.0. The quantitative estimate of drug-likeness (QED) is 0.616. The molecule has 22 heavy (non-hydrogen) atoms. The van der Waals surface area contributed by atoms with Crippen LogP contribution in [0.5, 0.6) is 5.75 Å². The maximum Gasteiger partial charge on any atom is 0.306 e. The summed E-state index contributed by atoms with van der Waals surface area (Å²) in [7, 11) is 0. The van der Waals surface area contributed by atoms with Gasteiger partial charge in [0, 0.05) is 6.42 Å². The highest BCUT2D eigenvalue weighted by Crippen LogP contribution is 2.15. The molecule has 0 atom stereocenters. The largest absolute Gasteiger partial charge is 0.481 e. The van der Waals surface area contributed by atoms with Crippen LogP contribution in [0, 0.1) is 18.8 Å². The van der Waals surface area contributed by atoms with E-state index in [1.807, 2.05) is 31.2 Å². The minimum absolute atomic E-state index is 0.0868. The zero-order valence-corrected chi connectivity index (χ0v) is 13.0. The number of ether oxygens (including phenoxy) is 2. The first kappa shape index (κ1) is 17.6. The normalized spacial score (nSPS) is 9.36. The molecule has 0 fully saturated rings. The predicted octanol–water partition coefficient (Wildman–Crippen LogP) is 1.84. The van der Waals surface area contributed by atoms with Crippen molar-refractivity contribution >= 4 is 11.9 Å². The number of carbonyl (C=O) groups excluding carboxylic acids is 2. The summed E-state index contributed by atoms with van der Waals surface area (Å²) in [5.41, 5.74) is 1.05. The second kappa shape index (κ2) is 10.3. The van der Waals surface area contributed by atoms with E-state index in [-0.39, 0.29) is 37.9 Å². The fourth-order valence-electron chi connectivity index (χ4n) is 1.63. The number of hydrogen-bond acceptors (Lipinski definition) is 4. The molecule has 1 aromatic carbocycles. The van der Waals surface area contributed by atoms with Gasteiger partial charge in [0.15, 0.2) is 0 Å². The minimum Gasteiger partial charge on any atom is -0.481 e. The Hall–Kier alpha value is -2.48. The zero-order chi connectivity index (χ0) is 16.2. The van der Waals surface area contributed by atoms with Crippen LogP contribution < -0.4 is 10.1 Å². The summed E-state index contributed by atoms with van der Waals surface area (Å²) in [6.45, 7) is 4.52. The van der Waals surface area contributed by atoms with Crippen LogP contribution in [-0.2, 0) is 14.3 Å². The van der Waals surface area contributed by atoms with E-state index in [1.54, 1.807) is 6.92 Å². The van der Waals surface area contributed by atoms with Gasteiger partial charge in [-0.2, -0.15) is 0 Å². The van der Waals surface area contributed by atoms with E-state index >= 15 is 0 Å². The number of para-hydroxylation sites is 1. The van der Waals surface area contributed by atoms with Gasteiger partial charge < -0.3 is 14.8 Å². The van der Waals surface area contributed by atoms with E-state index < -0.39 is 0 Å². The molecule has 0 heterocycles. The van der Waals surface area contributed by atoms with Crippen LogP contribution in [-0.4, -0.2) is 31.6 Å². The summed E-state index contributed by atoms with van der Waals surface area (Å²) in [6, 6.07) is 7.69. The van der Waals surface area contributed by atoms with E-state index in [4.69, 9.17) is 9.47 Å². The van der Waals surface area contributed by atoms with Crippen LogP contribution in [0.2, 0.25) is 0 Å². The predicted molar refractivity (Wildman–Crippen MR) is 83.3 cm³/mol. The first-order valence-corrected chi connectivity index (χ1v) is 7.20. The molecule has 0 aliphatic carbocycles. The van der Waals surface area contributed by atoms with Crippen LogP contribution in [0.25, 0.3) is 0 Å². The third-order valence-electron chi connectivity index (χ3n) is 2.75. The molecule has 0 aliphatic heterocycles. The Morgan fingerprint density at radius 2 is 1.95 bits per heavy atom. The first-order chi connectivity index (χ1) is 10.6. The van der Waals surface area contributed by atoms with Crippen molar-refractivity contribution in [3.05, 3.63) is 29.8 Å². The van der Waals surface area contributed by atoms with E-state index in [0.717, 1.165) is 11.3 Å². The molecule has 1 amide bonds. The lowest BCUT2D eigenvalue weighted by atomic mass is 10.2. The number of benzene rings is 1. The van der Waals surface area contributed by atoms with Gasteiger partial charge in [-0.05, 0) is 25.5 Å². The van der Waals surface area contributed by atoms with Crippen molar-refractivity contribution in [1.29, 1.82) is 0 Å². The summed E-state index contributed by atoms with van der Waals surface area (Å²) in [5.74, 6) is 5.83. The third kappa shape index (κ3) is 7.34. The molecule has 0 aliphatic rings. The molecule has 0 unspecified atom stereocenters. The fourth-order valence-corrected chi connectivity index (χ4v) is 1.63. The maximum atomic E-state index is 11.4. The molecule has 0 saturated carbocycles. The van der Waals surface area contributed by atoms with Crippen LogP contribution in [0.3, 0.4) is 0 Å². The van der Waals surface area contributed by atoms with Crippen molar-refractivity contribution < 1.29 is 19.1 Å². The van der Waals surface area contributed by atoms with E-state index in [0.29, 0.717) is 6.61 Å². The second-order valence-electron chi connectivity index (χ2n) is 4.49. The minimum atomic E-state index is -0.365. The molecule has 0 bridgehead atoms. The van der Waals surface area contributed by atoms with Crippen molar-refractivity contribution in [2.75, 3.05) is 19.8 Å². The summed E-state index contributed by atoms with van der Waals surface area (Å²) in [4.78, 5) is 22.5. The summed E-state index contributed by atoms with van der Waals surface area (Å²) >= 11 is 0. The topological polar surface area (TPSA) is 64.6 Å². The van der Waals surface area contributed by atoms with Gasteiger partial charge in [-0.1, -0.05) is 30.0 Å². The first-order valence-electron chi connectivity index (χ1n) is 7.20. The average molecular weight is 303 g/mol. The number of carbonyl (C=O) groups is 2. The smallest absolute Gasteiger partial charge is 0.306 e. The molecule has 5 nitrogen and oxygen atoms in total. The number of rotatable bonds is 7. The van der Waals surface area contributed by atoms with Gasteiger partial charge in [-0.3, -0.25) is 9.59 Å². The van der Waals surface area contributed by atoms with Gasteiger partial charge in [0.1, 0.15) is 12.4 Å². The summed E-state index contributed by atoms with van der Waals surface area (Å²) in [5, 5.41) is 2.61. The van der Waals surface area contributed by atoms with E-state index in [9.17, 15) is 9.59 Å². The molecule has 1 rings (SSSR count). The molecular weight excluding hydrogens is 282 g/mol. The Morgan fingerprint density at radius 3 is 2.68 bits per heavy atom. The van der Waals surface area contributed by atoms with Gasteiger partial charge in [-0.25, -0.2) is 0 Å². The molecule has 5 heteroatoms. The second-order valence-corrected chi connectivity index (χ2v) is 4.49. The number of aryl methyl sites for hydroxylation is 1. The highest BCUT2D eigenvalue weighted by Gasteiger charge is 2.05. The highest BCUT2D eigenvalue weighted by atomic mass is 16.5. The number of amides is 1. The van der Waals surface area contributed by atoms with Gasteiger partial charge in [0.05, 0.1) is 19.6 Å². The lowest BCUT2D eigenvalue weighted by molar-refractivity contribution is -0.144.